The van der Waals surface area contributed by atoms with Gasteiger partial charge in [-0.1, -0.05) is 44.2 Å². The molecule has 1 heterocycles. The van der Waals surface area contributed by atoms with Crippen LogP contribution in [-0.4, -0.2) is 33.1 Å². The molecule has 0 saturated heterocycles. The normalized spacial score (nSPS) is 11.2. The largest absolute Gasteiger partial charge is 0.493 e. The van der Waals surface area contributed by atoms with E-state index in [1.54, 1.807) is 6.07 Å². The van der Waals surface area contributed by atoms with Gasteiger partial charge in [0, 0.05) is 17.5 Å². The molecule has 0 saturated carbocycles. The molecule has 3 rings (SSSR count). The van der Waals surface area contributed by atoms with E-state index in [0.29, 0.717) is 16.2 Å². The molecule has 30 heavy (non-hydrogen) atoms. The van der Waals surface area contributed by atoms with Crippen LogP contribution in [0.1, 0.15) is 36.7 Å². The van der Waals surface area contributed by atoms with Crippen molar-refractivity contribution < 1.29 is 14.4 Å². The molecule has 0 bridgehead atoms. The highest BCUT2D eigenvalue weighted by Crippen LogP contribution is 2.38. The average molecular weight is 427 g/mol. The van der Waals surface area contributed by atoms with E-state index in [1.165, 1.54) is 24.1 Å². The van der Waals surface area contributed by atoms with Crippen molar-refractivity contribution in [1.29, 1.82) is 0 Å². The van der Waals surface area contributed by atoms with Crippen molar-refractivity contribution in [1.82, 2.24) is 14.9 Å². The van der Waals surface area contributed by atoms with Crippen LogP contribution >= 0.6 is 12.2 Å². The molecule has 1 N–H and O–H groups in total. The van der Waals surface area contributed by atoms with Gasteiger partial charge >= 0.3 is 5.69 Å². The minimum absolute atomic E-state index is 0.0614. The minimum atomic E-state index is -0.511. The summed E-state index contributed by atoms with van der Waals surface area (Å²) in [7, 11) is 1.43. The van der Waals surface area contributed by atoms with Gasteiger partial charge in [0.2, 0.25) is 10.5 Å². The monoisotopic (exact) mass is 427 g/mol. The van der Waals surface area contributed by atoms with Crippen molar-refractivity contribution >= 4 is 24.1 Å². The van der Waals surface area contributed by atoms with Crippen LogP contribution in [0.25, 0.3) is 0 Å². The third-order valence-corrected chi connectivity index (χ3v) is 4.48. The lowest BCUT2D eigenvalue weighted by atomic mass is 10.1. The zero-order valence-corrected chi connectivity index (χ0v) is 17.5. The third kappa shape index (κ3) is 4.71. The first-order valence-corrected chi connectivity index (χ1v) is 9.56. The van der Waals surface area contributed by atoms with Crippen LogP contribution in [0.15, 0.2) is 47.6 Å². The summed E-state index contributed by atoms with van der Waals surface area (Å²) in [5, 5.41) is 22.9. The maximum absolute atomic E-state index is 11.7. The predicted molar refractivity (Wildman–Crippen MR) is 115 cm³/mol. The van der Waals surface area contributed by atoms with E-state index in [-0.39, 0.29) is 29.7 Å². The number of nitro benzene ring substituents is 1. The lowest BCUT2D eigenvalue weighted by Gasteiger charge is -2.12. The number of nitrogens with zero attached hydrogens (tertiary/aromatic N) is 4. The number of rotatable bonds is 8. The van der Waals surface area contributed by atoms with Crippen LogP contribution in [0.3, 0.4) is 0 Å². The number of hydrogen-bond donors (Lipinski definition) is 1. The Morgan fingerprint density at radius 2 is 2.07 bits per heavy atom. The molecule has 0 radical (unpaired) electrons. The van der Waals surface area contributed by atoms with E-state index in [4.69, 9.17) is 21.7 Å². The number of benzene rings is 2. The maximum atomic E-state index is 11.7. The van der Waals surface area contributed by atoms with Crippen molar-refractivity contribution in [2.24, 2.45) is 5.10 Å². The molecule has 0 aliphatic rings. The summed E-state index contributed by atoms with van der Waals surface area (Å²) < 4.78 is 12.9. The summed E-state index contributed by atoms with van der Waals surface area (Å²) >= 11 is 5.20. The summed E-state index contributed by atoms with van der Waals surface area (Å²) in [6.45, 7) is 4.10. The highest BCUT2D eigenvalue weighted by molar-refractivity contribution is 7.71. The van der Waals surface area contributed by atoms with Gasteiger partial charge in [-0.15, -0.1) is 0 Å². The van der Waals surface area contributed by atoms with Crippen molar-refractivity contribution in [3.63, 3.8) is 0 Å². The smallest absolute Gasteiger partial charge is 0.315 e. The molecule has 0 aliphatic heterocycles. The molecular weight excluding hydrogens is 406 g/mol. The molecule has 3 aromatic rings. The van der Waals surface area contributed by atoms with Crippen molar-refractivity contribution in [3.8, 4) is 11.5 Å². The van der Waals surface area contributed by atoms with Gasteiger partial charge in [0.15, 0.2) is 11.6 Å². The van der Waals surface area contributed by atoms with Crippen LogP contribution in [-0.2, 0) is 6.61 Å². The predicted octanol–water partition coefficient (Wildman–Crippen LogP) is 4.44. The van der Waals surface area contributed by atoms with Gasteiger partial charge in [-0.25, -0.2) is 0 Å². The van der Waals surface area contributed by atoms with Gasteiger partial charge in [-0.3, -0.25) is 15.2 Å². The molecule has 2 aromatic carbocycles. The average Bonchev–Trinajstić information content (AvgIpc) is 3.11. The Bertz CT molecular complexity index is 1120. The SMILES string of the molecule is COc1cc(/C=N\n2c(C(C)C)n[nH]c2=S)cc([N+](=O)[O-])c1OCc1ccccc1. The van der Waals surface area contributed by atoms with Crippen molar-refractivity contribution in [2.75, 3.05) is 7.11 Å². The van der Waals surface area contributed by atoms with E-state index in [0.717, 1.165) is 5.56 Å². The first-order chi connectivity index (χ1) is 14.4. The number of hydrogen-bond acceptors (Lipinski definition) is 7. The number of nitrogens with one attached hydrogen (secondary N) is 1. The molecule has 9 nitrogen and oxygen atoms in total. The number of ether oxygens (including phenoxy) is 2. The maximum Gasteiger partial charge on any atom is 0.315 e. The molecule has 0 fully saturated rings. The van der Waals surface area contributed by atoms with E-state index >= 15 is 0 Å². The van der Waals surface area contributed by atoms with Crippen LogP contribution in [0, 0.1) is 14.9 Å². The van der Waals surface area contributed by atoms with Gasteiger partial charge < -0.3 is 9.47 Å². The van der Waals surface area contributed by atoms with E-state index < -0.39 is 4.92 Å². The Kier molecular flexibility index (Phi) is 6.58. The Hall–Kier alpha value is -3.53. The van der Waals surface area contributed by atoms with E-state index in [2.05, 4.69) is 15.3 Å². The van der Waals surface area contributed by atoms with Gasteiger partial charge in [-0.05, 0) is 23.8 Å². The summed E-state index contributed by atoms with van der Waals surface area (Å²) in [4.78, 5) is 11.2. The molecule has 1 aromatic heterocycles. The fourth-order valence-corrected chi connectivity index (χ4v) is 2.94. The zero-order valence-electron chi connectivity index (χ0n) is 16.7. The topological polar surface area (TPSA) is 108 Å². The van der Waals surface area contributed by atoms with Crippen molar-refractivity contribution in [3.05, 3.63) is 74.3 Å². The van der Waals surface area contributed by atoms with Crippen LogP contribution in [0.5, 0.6) is 11.5 Å². The summed E-state index contributed by atoms with van der Waals surface area (Å²) in [5.74, 6) is 1.04. The van der Waals surface area contributed by atoms with Gasteiger partial charge in [0.05, 0.1) is 18.2 Å². The Morgan fingerprint density at radius 1 is 1.33 bits per heavy atom. The fourth-order valence-electron chi connectivity index (χ4n) is 2.76. The summed E-state index contributed by atoms with van der Waals surface area (Å²) in [5.41, 5.74) is 1.13. The number of methoxy groups -OCH3 is 1. The fraction of sp³-hybridized carbons (Fsp3) is 0.250. The zero-order chi connectivity index (χ0) is 21.7. The Balaban J connectivity index is 1.96. The first kappa shape index (κ1) is 21.2. The van der Waals surface area contributed by atoms with E-state index in [1.807, 2.05) is 44.2 Å². The van der Waals surface area contributed by atoms with Gasteiger partial charge in [-0.2, -0.15) is 14.9 Å². The molecule has 0 aliphatic carbocycles. The minimum Gasteiger partial charge on any atom is -0.493 e. The molecule has 10 heteroatoms. The van der Waals surface area contributed by atoms with E-state index in [9.17, 15) is 10.1 Å². The lowest BCUT2D eigenvalue weighted by Crippen LogP contribution is -2.03. The molecule has 0 amide bonds. The number of aromatic nitrogens is 3. The molecule has 0 atom stereocenters. The number of aromatic amines is 1. The highest BCUT2D eigenvalue weighted by atomic mass is 32.1. The standard InChI is InChI=1S/C20H21N5O4S/c1-13(2)19-22-23-20(30)24(19)21-11-15-9-16(25(26)27)18(17(10-15)28-3)29-12-14-7-5-4-6-8-14/h4-11,13H,12H2,1-3H3,(H,23,30)/b21-11-. The molecule has 0 unspecified atom stereocenters. The summed E-state index contributed by atoms with van der Waals surface area (Å²) in [6.07, 6.45) is 1.47. The Labute approximate surface area is 178 Å². The number of nitro groups is 1. The lowest BCUT2D eigenvalue weighted by molar-refractivity contribution is -0.386. The second-order valence-electron chi connectivity index (χ2n) is 6.70. The van der Waals surface area contributed by atoms with Crippen LogP contribution in [0.2, 0.25) is 0 Å². The molecule has 0 spiro atoms. The van der Waals surface area contributed by atoms with Crippen LogP contribution < -0.4 is 9.47 Å². The number of H-pyrrole nitrogens is 1. The second kappa shape index (κ2) is 9.31. The third-order valence-electron chi connectivity index (χ3n) is 4.21. The molecular formula is C20H21N5O4S. The van der Waals surface area contributed by atoms with Crippen molar-refractivity contribution in [2.45, 2.75) is 26.4 Å². The summed E-state index contributed by atoms with van der Waals surface area (Å²) in [6, 6.07) is 12.4. The second-order valence-corrected chi connectivity index (χ2v) is 7.09. The quantitative estimate of drug-likeness (QED) is 0.246. The highest BCUT2D eigenvalue weighted by Gasteiger charge is 2.22. The molecule has 156 valence electrons. The Morgan fingerprint density at radius 3 is 2.70 bits per heavy atom. The van der Waals surface area contributed by atoms with Crippen LogP contribution in [0.4, 0.5) is 5.69 Å². The van der Waals surface area contributed by atoms with Gasteiger partial charge in [0.25, 0.3) is 0 Å². The first-order valence-electron chi connectivity index (χ1n) is 9.15. The van der Waals surface area contributed by atoms with Gasteiger partial charge in [0.1, 0.15) is 6.61 Å².